The van der Waals surface area contributed by atoms with Crippen LogP contribution >= 0.6 is 0 Å². The number of hydrogen-bond donors (Lipinski definition) is 0. The summed E-state index contributed by atoms with van der Waals surface area (Å²) in [5, 5.41) is 0. The summed E-state index contributed by atoms with van der Waals surface area (Å²) in [5.74, 6) is 0.687. The quantitative estimate of drug-likeness (QED) is 0.157. The zero-order valence-electron chi connectivity index (χ0n) is 41.0. The van der Waals surface area contributed by atoms with E-state index in [1.54, 1.807) is 0 Å². The van der Waals surface area contributed by atoms with E-state index in [-0.39, 0.29) is 10.8 Å². The number of hydrogen-bond acceptors (Lipinski definition) is 0. The molecular weight excluding hydrogens is 745 g/mol. The molecule has 0 heteroatoms. The lowest BCUT2D eigenvalue weighted by Crippen LogP contribution is -2.11. The first-order valence-corrected chi connectivity index (χ1v) is 22.8. The predicted molar refractivity (Wildman–Crippen MR) is 276 cm³/mol. The van der Waals surface area contributed by atoms with Crippen LogP contribution in [0.4, 0.5) is 0 Å². The van der Waals surface area contributed by atoms with E-state index in [4.69, 9.17) is 0 Å². The lowest BCUT2D eigenvalue weighted by atomic mass is 9.85. The van der Waals surface area contributed by atoms with Crippen molar-refractivity contribution in [2.24, 2.45) is 0 Å². The van der Waals surface area contributed by atoms with E-state index < -0.39 is 0 Å². The highest BCUT2D eigenvalue weighted by Crippen LogP contribution is 2.32. The Morgan fingerprint density at radius 1 is 0.306 bits per heavy atom. The molecular formula is C62H76. The summed E-state index contributed by atoms with van der Waals surface area (Å²) >= 11 is 0. The molecule has 0 fully saturated rings. The van der Waals surface area contributed by atoms with Crippen molar-refractivity contribution in [3.63, 3.8) is 0 Å². The molecule has 0 aromatic heterocycles. The van der Waals surface area contributed by atoms with Crippen molar-refractivity contribution in [3.05, 3.63) is 213 Å². The van der Waals surface area contributed by atoms with Gasteiger partial charge in [-0.3, -0.25) is 0 Å². The molecule has 0 nitrogen and oxygen atoms in total. The molecule has 0 atom stereocenters. The second-order valence-corrected chi connectivity index (χ2v) is 19.6. The van der Waals surface area contributed by atoms with E-state index in [1.165, 1.54) is 102 Å². The van der Waals surface area contributed by atoms with Crippen LogP contribution in [0.3, 0.4) is 0 Å². The van der Waals surface area contributed by atoms with Crippen molar-refractivity contribution in [1.82, 2.24) is 0 Å². The third-order valence-electron chi connectivity index (χ3n) is 11.4. The highest BCUT2D eigenvalue weighted by atomic mass is 14.2. The van der Waals surface area contributed by atoms with Crippen LogP contribution in [0.1, 0.15) is 130 Å². The van der Waals surface area contributed by atoms with Crippen LogP contribution in [0, 0.1) is 48.5 Å². The second-order valence-electron chi connectivity index (χ2n) is 19.6. The van der Waals surface area contributed by atoms with Gasteiger partial charge in [0, 0.05) is 0 Å². The van der Waals surface area contributed by atoms with Crippen LogP contribution in [-0.4, -0.2) is 0 Å². The van der Waals surface area contributed by atoms with Gasteiger partial charge in [-0.15, -0.1) is 0 Å². The first-order chi connectivity index (χ1) is 29.2. The van der Waals surface area contributed by atoms with Gasteiger partial charge < -0.3 is 0 Å². The van der Waals surface area contributed by atoms with Crippen molar-refractivity contribution in [2.45, 2.75) is 133 Å². The second kappa shape index (κ2) is 22.6. The minimum absolute atomic E-state index is 0.195. The van der Waals surface area contributed by atoms with Crippen molar-refractivity contribution < 1.29 is 0 Å². The number of benzene rings is 7. The van der Waals surface area contributed by atoms with E-state index in [9.17, 15) is 0 Å². The maximum Gasteiger partial charge on any atom is -0.0132 e. The van der Waals surface area contributed by atoms with Gasteiger partial charge in [0.1, 0.15) is 0 Å². The minimum Gasteiger partial charge on any atom is -0.0648 e. The Balaban J connectivity index is 0.000000193. The number of aryl methyl sites for hydroxylation is 7. The minimum atomic E-state index is 0.195. The van der Waals surface area contributed by atoms with Gasteiger partial charge in [0.15, 0.2) is 0 Å². The normalized spacial score (nSPS) is 11.1. The van der Waals surface area contributed by atoms with Crippen molar-refractivity contribution >= 4 is 0 Å². The third-order valence-corrected chi connectivity index (χ3v) is 11.4. The smallest absolute Gasteiger partial charge is 0.0132 e. The molecule has 0 unspecified atom stereocenters. The summed E-state index contributed by atoms with van der Waals surface area (Å²) in [7, 11) is 0. The summed E-state index contributed by atoms with van der Waals surface area (Å²) < 4.78 is 0. The number of rotatable bonds is 6. The summed E-state index contributed by atoms with van der Waals surface area (Å²) in [5.41, 5.74) is 22.0. The van der Waals surface area contributed by atoms with Crippen LogP contribution in [0.15, 0.2) is 158 Å². The summed E-state index contributed by atoms with van der Waals surface area (Å²) in [6.45, 7) is 33.1. The third kappa shape index (κ3) is 15.5. The van der Waals surface area contributed by atoms with E-state index in [0.29, 0.717) is 5.92 Å². The molecule has 0 saturated carbocycles. The molecule has 0 amide bonds. The Morgan fingerprint density at radius 2 is 0.629 bits per heavy atom. The van der Waals surface area contributed by atoms with Crippen LogP contribution in [0.25, 0.3) is 33.4 Å². The molecule has 0 heterocycles. The van der Waals surface area contributed by atoms with E-state index in [2.05, 4.69) is 262 Å². The van der Waals surface area contributed by atoms with Crippen LogP contribution in [0.5, 0.6) is 0 Å². The maximum absolute atomic E-state index is 2.36. The first kappa shape index (κ1) is 49.2. The highest BCUT2D eigenvalue weighted by molar-refractivity contribution is 5.74. The average Bonchev–Trinajstić information content (AvgIpc) is 3.21. The van der Waals surface area contributed by atoms with Gasteiger partial charge in [0.2, 0.25) is 0 Å². The van der Waals surface area contributed by atoms with Gasteiger partial charge in [-0.05, 0) is 140 Å². The fraction of sp³-hybridized carbons (Fsp3) is 0.323. The molecule has 0 aliphatic heterocycles. The lowest BCUT2D eigenvalue weighted by molar-refractivity contribution is 0.589. The van der Waals surface area contributed by atoms with E-state index in [1.807, 2.05) is 0 Å². The largest absolute Gasteiger partial charge is 0.0648 e. The lowest BCUT2D eigenvalue weighted by Gasteiger charge is -2.20. The highest BCUT2D eigenvalue weighted by Gasteiger charge is 2.15. The molecule has 62 heavy (non-hydrogen) atoms. The topological polar surface area (TPSA) is 0 Å². The molecule has 0 radical (unpaired) electrons. The molecule has 0 aliphatic carbocycles. The van der Waals surface area contributed by atoms with Gasteiger partial charge in [-0.2, -0.15) is 0 Å². The molecule has 0 N–H and O–H groups in total. The van der Waals surface area contributed by atoms with Crippen LogP contribution in [-0.2, 0) is 10.8 Å². The Bertz CT molecular complexity index is 2360. The summed E-state index contributed by atoms with van der Waals surface area (Å²) in [6, 6.07) is 57.3. The molecule has 324 valence electrons. The monoisotopic (exact) mass is 821 g/mol. The first-order valence-electron chi connectivity index (χ1n) is 22.8. The molecule has 7 aromatic carbocycles. The summed E-state index contributed by atoms with van der Waals surface area (Å²) in [4.78, 5) is 0. The molecule has 0 saturated heterocycles. The van der Waals surface area contributed by atoms with E-state index in [0.717, 1.165) is 0 Å². The fourth-order valence-electron chi connectivity index (χ4n) is 8.13. The SMILES string of the molecule is CCC(CC)c1cc(C)cc(-c2ccccc2)c1.Cc1cc(-c2ccccc2)cc(-c2ccc(C(C)(C)C)cc2)c1.Cc1cc(C)cc(C(C)(C)C)c1.Cc1cc(C)cc(C)c1. The zero-order chi connectivity index (χ0) is 45.6. The van der Waals surface area contributed by atoms with Crippen molar-refractivity contribution in [3.8, 4) is 33.4 Å². The Hall–Kier alpha value is -5.46. The van der Waals surface area contributed by atoms with Gasteiger partial charge in [-0.1, -0.05) is 240 Å². The van der Waals surface area contributed by atoms with Crippen molar-refractivity contribution in [2.75, 3.05) is 0 Å². The Morgan fingerprint density at radius 3 is 1.00 bits per heavy atom. The maximum atomic E-state index is 2.36. The van der Waals surface area contributed by atoms with Gasteiger partial charge in [0.25, 0.3) is 0 Å². The summed E-state index contributed by atoms with van der Waals surface area (Å²) in [6.07, 6.45) is 2.43. The Labute approximate surface area is 378 Å². The van der Waals surface area contributed by atoms with Crippen molar-refractivity contribution in [1.29, 1.82) is 0 Å². The molecule has 0 bridgehead atoms. The fourth-order valence-corrected chi connectivity index (χ4v) is 8.13. The van der Waals surface area contributed by atoms with Gasteiger partial charge >= 0.3 is 0 Å². The Kier molecular flexibility index (Phi) is 17.9. The molecule has 7 rings (SSSR count). The predicted octanol–water partition coefficient (Wildman–Crippen LogP) is 18.4. The standard InChI is InChI=1S/C23H24.C18H22.C12H18.C9H12/c1-17-14-20(18-8-6-5-7-9-18)16-21(15-17)19-10-12-22(13-11-19)23(2,3)4;1-4-15(5-2)17-11-14(3)12-18(13-17)16-9-7-6-8-10-16;1-9-6-10(2)8-11(7-9)12(3,4)5;1-7-4-8(2)6-9(3)5-7/h5-16H,1-4H3;6-13,15H,4-5H2,1-3H3;6-8H,1-5H3;4-6H,1-3H3. The molecule has 0 spiro atoms. The van der Waals surface area contributed by atoms with Crippen LogP contribution < -0.4 is 0 Å². The van der Waals surface area contributed by atoms with Gasteiger partial charge in [0.05, 0.1) is 0 Å². The molecule has 7 aromatic rings. The molecule has 0 aliphatic rings. The van der Waals surface area contributed by atoms with E-state index >= 15 is 0 Å². The van der Waals surface area contributed by atoms with Crippen LogP contribution in [0.2, 0.25) is 0 Å². The average molecular weight is 821 g/mol. The zero-order valence-corrected chi connectivity index (χ0v) is 41.0. The van der Waals surface area contributed by atoms with Gasteiger partial charge in [-0.25, -0.2) is 0 Å².